The lowest BCUT2D eigenvalue weighted by atomic mass is 9.96. The summed E-state index contributed by atoms with van der Waals surface area (Å²) in [5, 5.41) is 5.43. The highest BCUT2D eigenvalue weighted by molar-refractivity contribution is 5.80. The first-order valence-electron chi connectivity index (χ1n) is 9.95. The Morgan fingerprint density at radius 2 is 1.66 bits per heavy atom. The van der Waals surface area contributed by atoms with Gasteiger partial charge in [-0.25, -0.2) is 4.79 Å². The standard InChI is InChI=1S/C21H31N3O5/c1-21(2,3)29-20(27)23-12-11-22-19(26)16-9-13-24(14-10-16)18(25)15-28-17-7-5-4-6-8-17/h4-8,16H,9-15H2,1-3H3,(H,22,26)(H,23,27). The maximum absolute atomic E-state index is 12.3. The fourth-order valence-electron chi connectivity index (χ4n) is 2.95. The van der Waals surface area contributed by atoms with Crippen LogP contribution >= 0.6 is 0 Å². The van der Waals surface area contributed by atoms with Crippen molar-refractivity contribution in [3.8, 4) is 5.75 Å². The van der Waals surface area contributed by atoms with Crippen LogP contribution in [0.25, 0.3) is 0 Å². The molecule has 8 nitrogen and oxygen atoms in total. The molecule has 1 aromatic carbocycles. The van der Waals surface area contributed by atoms with E-state index in [4.69, 9.17) is 9.47 Å². The number of nitrogens with zero attached hydrogens (tertiary/aromatic N) is 1. The van der Waals surface area contributed by atoms with Crippen LogP contribution in [-0.4, -0.2) is 61.2 Å². The quantitative estimate of drug-likeness (QED) is 0.676. The van der Waals surface area contributed by atoms with Crippen LogP contribution in [0.5, 0.6) is 5.75 Å². The number of piperidine rings is 1. The number of hydrogen-bond donors (Lipinski definition) is 2. The summed E-state index contributed by atoms with van der Waals surface area (Å²) >= 11 is 0. The van der Waals surface area contributed by atoms with Gasteiger partial charge in [0.2, 0.25) is 5.91 Å². The van der Waals surface area contributed by atoms with Crippen LogP contribution in [0, 0.1) is 5.92 Å². The first kappa shape index (κ1) is 22.5. The Hall–Kier alpha value is -2.77. The van der Waals surface area contributed by atoms with E-state index in [-0.39, 0.29) is 24.3 Å². The van der Waals surface area contributed by atoms with E-state index in [1.54, 1.807) is 25.7 Å². The molecule has 1 aromatic rings. The first-order chi connectivity index (χ1) is 13.7. The number of amides is 3. The van der Waals surface area contributed by atoms with Crippen molar-refractivity contribution in [1.82, 2.24) is 15.5 Å². The third-order valence-electron chi connectivity index (χ3n) is 4.42. The number of benzene rings is 1. The molecule has 3 amide bonds. The van der Waals surface area contributed by atoms with Crippen molar-refractivity contribution in [2.75, 3.05) is 32.8 Å². The van der Waals surface area contributed by atoms with Crippen molar-refractivity contribution in [2.24, 2.45) is 5.92 Å². The van der Waals surface area contributed by atoms with E-state index in [1.165, 1.54) is 0 Å². The third kappa shape index (κ3) is 8.41. The van der Waals surface area contributed by atoms with Gasteiger partial charge in [-0.3, -0.25) is 9.59 Å². The second-order valence-electron chi connectivity index (χ2n) is 7.98. The number of rotatable bonds is 7. The monoisotopic (exact) mass is 405 g/mol. The van der Waals surface area contributed by atoms with Gasteiger partial charge in [0.15, 0.2) is 6.61 Å². The number of alkyl carbamates (subject to hydrolysis) is 1. The van der Waals surface area contributed by atoms with Gasteiger partial charge < -0.3 is 25.0 Å². The lowest BCUT2D eigenvalue weighted by Crippen LogP contribution is -2.45. The minimum absolute atomic E-state index is 0.00277. The largest absolute Gasteiger partial charge is 0.484 e. The minimum atomic E-state index is -0.551. The van der Waals surface area contributed by atoms with Crippen molar-refractivity contribution in [3.05, 3.63) is 30.3 Å². The van der Waals surface area contributed by atoms with Crippen LogP contribution in [0.1, 0.15) is 33.6 Å². The molecule has 29 heavy (non-hydrogen) atoms. The molecule has 1 aliphatic rings. The van der Waals surface area contributed by atoms with Crippen molar-refractivity contribution >= 4 is 17.9 Å². The second-order valence-corrected chi connectivity index (χ2v) is 7.98. The van der Waals surface area contributed by atoms with Gasteiger partial charge in [0.1, 0.15) is 11.4 Å². The zero-order valence-corrected chi connectivity index (χ0v) is 17.4. The highest BCUT2D eigenvalue weighted by Gasteiger charge is 2.27. The Morgan fingerprint density at radius 1 is 1.03 bits per heavy atom. The number of carbonyl (C=O) groups is 3. The van der Waals surface area contributed by atoms with Crippen LogP contribution < -0.4 is 15.4 Å². The highest BCUT2D eigenvalue weighted by Crippen LogP contribution is 2.18. The summed E-state index contributed by atoms with van der Waals surface area (Å²) in [4.78, 5) is 37.8. The third-order valence-corrected chi connectivity index (χ3v) is 4.42. The number of hydrogen-bond acceptors (Lipinski definition) is 5. The lowest BCUT2D eigenvalue weighted by Gasteiger charge is -2.31. The molecule has 2 rings (SSSR count). The van der Waals surface area contributed by atoms with E-state index in [9.17, 15) is 14.4 Å². The molecule has 0 spiro atoms. The molecule has 0 saturated carbocycles. The molecule has 0 radical (unpaired) electrons. The fraction of sp³-hybridized carbons (Fsp3) is 0.571. The van der Waals surface area contributed by atoms with E-state index in [0.29, 0.717) is 44.8 Å². The Bertz CT molecular complexity index is 679. The molecule has 1 fully saturated rings. The van der Waals surface area contributed by atoms with Gasteiger partial charge in [-0.1, -0.05) is 18.2 Å². The molecule has 0 atom stereocenters. The molecule has 0 bridgehead atoms. The summed E-state index contributed by atoms with van der Waals surface area (Å²) in [6, 6.07) is 9.21. The van der Waals surface area contributed by atoms with Gasteiger partial charge in [0, 0.05) is 32.1 Å². The first-order valence-corrected chi connectivity index (χ1v) is 9.95. The van der Waals surface area contributed by atoms with E-state index >= 15 is 0 Å². The van der Waals surface area contributed by atoms with Crippen LogP contribution in [0.4, 0.5) is 4.79 Å². The Labute approximate surface area is 171 Å². The van der Waals surface area contributed by atoms with Crippen LogP contribution in [0.3, 0.4) is 0 Å². The molecule has 2 N–H and O–H groups in total. The zero-order chi connectivity index (χ0) is 21.3. The van der Waals surface area contributed by atoms with Crippen molar-refractivity contribution < 1.29 is 23.9 Å². The minimum Gasteiger partial charge on any atom is -0.484 e. The molecule has 0 aliphatic carbocycles. The van der Waals surface area contributed by atoms with E-state index in [2.05, 4.69) is 10.6 Å². The summed E-state index contributed by atoms with van der Waals surface area (Å²) in [6.45, 7) is 7.07. The molecule has 8 heteroatoms. The number of nitrogens with one attached hydrogen (secondary N) is 2. The smallest absolute Gasteiger partial charge is 0.407 e. The lowest BCUT2D eigenvalue weighted by molar-refractivity contribution is -0.137. The Balaban J connectivity index is 1.61. The predicted octanol–water partition coefficient (Wildman–Crippen LogP) is 1.94. The average molecular weight is 405 g/mol. The van der Waals surface area contributed by atoms with Crippen molar-refractivity contribution in [2.45, 2.75) is 39.2 Å². The Kier molecular flexibility index (Phi) is 8.30. The van der Waals surface area contributed by atoms with E-state index in [0.717, 1.165) is 0 Å². The van der Waals surface area contributed by atoms with Crippen LogP contribution in [0.2, 0.25) is 0 Å². The number of para-hydroxylation sites is 1. The van der Waals surface area contributed by atoms with Gasteiger partial charge in [-0.15, -0.1) is 0 Å². The number of carbonyl (C=O) groups excluding carboxylic acids is 3. The number of likely N-dealkylation sites (tertiary alicyclic amines) is 1. The molecular formula is C21H31N3O5. The molecule has 1 aliphatic heterocycles. The van der Waals surface area contributed by atoms with Gasteiger partial charge in [0.25, 0.3) is 5.91 Å². The van der Waals surface area contributed by atoms with Crippen LogP contribution in [-0.2, 0) is 14.3 Å². The average Bonchev–Trinajstić information content (AvgIpc) is 2.69. The van der Waals surface area contributed by atoms with E-state index < -0.39 is 11.7 Å². The van der Waals surface area contributed by atoms with E-state index in [1.807, 2.05) is 30.3 Å². The fourth-order valence-corrected chi connectivity index (χ4v) is 2.95. The highest BCUT2D eigenvalue weighted by atomic mass is 16.6. The SMILES string of the molecule is CC(C)(C)OC(=O)NCCNC(=O)C1CCN(C(=O)COc2ccccc2)CC1. The Morgan fingerprint density at radius 3 is 2.28 bits per heavy atom. The number of ether oxygens (including phenoxy) is 2. The van der Waals surface area contributed by atoms with Gasteiger partial charge in [-0.2, -0.15) is 0 Å². The maximum atomic E-state index is 12.3. The van der Waals surface area contributed by atoms with Gasteiger partial charge >= 0.3 is 6.09 Å². The molecule has 160 valence electrons. The second kappa shape index (κ2) is 10.7. The summed E-state index contributed by atoms with van der Waals surface area (Å²) in [7, 11) is 0. The van der Waals surface area contributed by atoms with Crippen LogP contribution in [0.15, 0.2) is 30.3 Å². The normalized spacial score (nSPS) is 14.8. The topological polar surface area (TPSA) is 97.0 Å². The molecule has 0 unspecified atom stereocenters. The van der Waals surface area contributed by atoms with Crippen molar-refractivity contribution in [3.63, 3.8) is 0 Å². The summed E-state index contributed by atoms with van der Waals surface area (Å²) < 4.78 is 10.6. The molecular weight excluding hydrogens is 374 g/mol. The molecule has 1 heterocycles. The summed E-state index contributed by atoms with van der Waals surface area (Å²) in [6.07, 6.45) is 0.724. The maximum Gasteiger partial charge on any atom is 0.407 e. The predicted molar refractivity (Wildman–Crippen MR) is 108 cm³/mol. The summed E-state index contributed by atoms with van der Waals surface area (Å²) in [5.41, 5.74) is -0.551. The molecule has 1 saturated heterocycles. The summed E-state index contributed by atoms with van der Waals surface area (Å²) in [5.74, 6) is 0.406. The van der Waals surface area contributed by atoms with Gasteiger partial charge in [0.05, 0.1) is 0 Å². The van der Waals surface area contributed by atoms with Gasteiger partial charge in [-0.05, 0) is 45.7 Å². The molecule has 0 aromatic heterocycles. The zero-order valence-electron chi connectivity index (χ0n) is 17.4. The van der Waals surface area contributed by atoms with Crippen molar-refractivity contribution in [1.29, 1.82) is 0 Å².